The number of fused-ring (bicyclic) bond motifs is 5. The van der Waals surface area contributed by atoms with Gasteiger partial charge in [0.1, 0.15) is 40.3 Å². The van der Waals surface area contributed by atoms with Crippen molar-refractivity contribution in [2.75, 3.05) is 5.32 Å². The summed E-state index contributed by atoms with van der Waals surface area (Å²) in [6.07, 6.45) is 2.64. The van der Waals surface area contributed by atoms with Crippen molar-refractivity contribution < 1.29 is 18.7 Å². The number of imidazole rings is 1. The quantitative estimate of drug-likeness (QED) is 0.447. The van der Waals surface area contributed by atoms with Gasteiger partial charge in [-0.05, 0) is 56.2 Å². The van der Waals surface area contributed by atoms with Crippen LogP contribution in [0.4, 0.5) is 10.2 Å². The van der Waals surface area contributed by atoms with E-state index in [9.17, 15) is 9.18 Å². The summed E-state index contributed by atoms with van der Waals surface area (Å²) in [7, 11) is 0. The molecule has 1 saturated carbocycles. The summed E-state index contributed by atoms with van der Waals surface area (Å²) >= 11 is 0. The van der Waals surface area contributed by atoms with E-state index in [2.05, 4.69) is 27.2 Å². The molecule has 7 rings (SSSR count). The van der Waals surface area contributed by atoms with Crippen molar-refractivity contribution in [1.29, 1.82) is 0 Å². The highest BCUT2D eigenvalue weighted by atomic mass is 19.1. The molecule has 4 aromatic rings. The molecule has 8 heteroatoms. The second-order valence-electron chi connectivity index (χ2n) is 9.47. The SMILES string of the molecule is Cc1cc2[nH]c([C@H]3[C@@H]4c5cc(Oc6ccnc7c6CCC(=O)N7)ccc5OC34C)nc2cc1F. The van der Waals surface area contributed by atoms with E-state index >= 15 is 0 Å². The summed E-state index contributed by atoms with van der Waals surface area (Å²) in [5.74, 6) is 3.49. The Hall–Kier alpha value is -3.94. The molecule has 1 aliphatic carbocycles. The van der Waals surface area contributed by atoms with Gasteiger partial charge in [0, 0.05) is 35.7 Å². The number of nitrogens with one attached hydrogen (secondary N) is 2. The fourth-order valence-corrected chi connectivity index (χ4v) is 5.48. The molecule has 0 radical (unpaired) electrons. The van der Waals surface area contributed by atoms with Crippen LogP contribution in [-0.4, -0.2) is 26.5 Å². The molecule has 2 N–H and O–H groups in total. The van der Waals surface area contributed by atoms with E-state index in [0.29, 0.717) is 41.2 Å². The Kier molecular flexibility index (Phi) is 3.77. The molecule has 3 aliphatic rings. The number of H-pyrrole nitrogens is 1. The molecular formula is C26H21FN4O3. The number of hydrogen-bond acceptors (Lipinski definition) is 5. The number of anilines is 1. The Morgan fingerprint density at radius 1 is 1.18 bits per heavy atom. The Bertz CT molecular complexity index is 1490. The van der Waals surface area contributed by atoms with Gasteiger partial charge >= 0.3 is 0 Å². The molecule has 2 aromatic heterocycles. The van der Waals surface area contributed by atoms with Gasteiger partial charge in [0.25, 0.3) is 0 Å². The molecule has 0 saturated heterocycles. The molecule has 2 aromatic carbocycles. The van der Waals surface area contributed by atoms with Crippen molar-refractivity contribution in [1.82, 2.24) is 15.0 Å². The van der Waals surface area contributed by atoms with Gasteiger partial charge in [-0.15, -0.1) is 0 Å². The van der Waals surface area contributed by atoms with Crippen LogP contribution >= 0.6 is 0 Å². The zero-order valence-electron chi connectivity index (χ0n) is 18.6. The van der Waals surface area contributed by atoms with Crippen LogP contribution in [0.2, 0.25) is 0 Å². The van der Waals surface area contributed by atoms with E-state index in [4.69, 9.17) is 9.47 Å². The first kappa shape index (κ1) is 19.5. The maximum atomic E-state index is 14.0. The van der Waals surface area contributed by atoms with Crippen molar-refractivity contribution in [2.45, 2.75) is 44.1 Å². The molecule has 3 atom stereocenters. The number of nitrogens with zero attached hydrogens (tertiary/aromatic N) is 2. The normalized spacial score (nSPS) is 24.1. The number of aromatic nitrogens is 3. The van der Waals surface area contributed by atoms with E-state index in [1.165, 1.54) is 6.07 Å². The van der Waals surface area contributed by atoms with Gasteiger partial charge in [-0.2, -0.15) is 0 Å². The first-order valence-electron chi connectivity index (χ1n) is 11.3. The molecule has 7 nitrogen and oxygen atoms in total. The van der Waals surface area contributed by atoms with Gasteiger partial charge < -0.3 is 19.8 Å². The lowest BCUT2D eigenvalue weighted by Gasteiger charge is -2.19. The number of ether oxygens (including phenoxy) is 2. The van der Waals surface area contributed by atoms with Crippen LogP contribution in [0.25, 0.3) is 11.0 Å². The molecular weight excluding hydrogens is 435 g/mol. The monoisotopic (exact) mass is 456 g/mol. The molecule has 2 aliphatic heterocycles. The highest BCUT2D eigenvalue weighted by Crippen LogP contribution is 2.70. The number of benzene rings is 2. The highest BCUT2D eigenvalue weighted by molar-refractivity contribution is 5.93. The summed E-state index contributed by atoms with van der Waals surface area (Å²) < 4.78 is 26.6. The number of aromatic amines is 1. The zero-order chi connectivity index (χ0) is 23.2. The van der Waals surface area contributed by atoms with Crippen LogP contribution in [0.15, 0.2) is 42.6 Å². The summed E-state index contributed by atoms with van der Waals surface area (Å²) in [5, 5.41) is 2.80. The van der Waals surface area contributed by atoms with E-state index in [1.54, 1.807) is 19.2 Å². The number of rotatable bonds is 3. The first-order valence-corrected chi connectivity index (χ1v) is 11.3. The van der Waals surface area contributed by atoms with Crippen molar-refractivity contribution >= 4 is 22.8 Å². The van der Waals surface area contributed by atoms with E-state index < -0.39 is 5.60 Å². The minimum Gasteiger partial charge on any atom is -0.486 e. The van der Waals surface area contributed by atoms with Crippen LogP contribution in [0.3, 0.4) is 0 Å². The number of hydrogen-bond donors (Lipinski definition) is 2. The number of carbonyl (C=O) groups is 1. The fourth-order valence-electron chi connectivity index (χ4n) is 5.48. The lowest BCUT2D eigenvalue weighted by molar-refractivity contribution is -0.116. The fraction of sp³-hybridized carbons (Fsp3) is 0.269. The Labute approximate surface area is 194 Å². The summed E-state index contributed by atoms with van der Waals surface area (Å²) in [5.41, 5.74) is 3.61. The van der Waals surface area contributed by atoms with Crippen LogP contribution in [0, 0.1) is 12.7 Å². The second kappa shape index (κ2) is 6.56. The van der Waals surface area contributed by atoms with Crippen molar-refractivity contribution in [3.8, 4) is 17.2 Å². The largest absolute Gasteiger partial charge is 0.486 e. The van der Waals surface area contributed by atoms with Crippen LogP contribution < -0.4 is 14.8 Å². The number of aryl methyl sites for hydroxylation is 1. The predicted octanol–water partition coefficient (Wildman–Crippen LogP) is 5.11. The Balaban J connectivity index is 1.20. The predicted molar refractivity (Wildman–Crippen MR) is 123 cm³/mol. The molecule has 170 valence electrons. The van der Waals surface area contributed by atoms with Crippen molar-refractivity contribution in [2.24, 2.45) is 0 Å². The summed E-state index contributed by atoms with van der Waals surface area (Å²) in [4.78, 5) is 24.0. The second-order valence-corrected chi connectivity index (χ2v) is 9.47. The van der Waals surface area contributed by atoms with E-state index in [1.807, 2.05) is 24.3 Å². The van der Waals surface area contributed by atoms with Crippen molar-refractivity contribution in [3.63, 3.8) is 0 Å². The Morgan fingerprint density at radius 3 is 2.94 bits per heavy atom. The van der Waals surface area contributed by atoms with Crippen LogP contribution in [0.1, 0.15) is 47.7 Å². The number of pyridine rings is 1. The topological polar surface area (TPSA) is 89.1 Å². The maximum absolute atomic E-state index is 14.0. The van der Waals surface area contributed by atoms with Gasteiger partial charge in [0.15, 0.2) is 0 Å². The van der Waals surface area contributed by atoms with Gasteiger partial charge in [-0.3, -0.25) is 4.79 Å². The average molecular weight is 456 g/mol. The molecule has 4 heterocycles. The van der Waals surface area contributed by atoms with Crippen LogP contribution in [0.5, 0.6) is 17.2 Å². The molecule has 0 spiro atoms. The number of amides is 1. The zero-order valence-corrected chi connectivity index (χ0v) is 18.6. The minimum absolute atomic E-state index is 0.0330. The highest BCUT2D eigenvalue weighted by Gasteiger charge is 2.71. The standard InChI is InChI=1S/C26H21FN4O3/c1-12-9-17-18(11-16(12)27)30-25(29-17)23-22-15-10-13(3-5-20(15)34-26(22,23)2)33-19-7-8-28-24-14(19)4-6-21(32)31-24/h3,5,7-11,22-23H,4,6H2,1-2H3,(H,29,30)(H,28,31,32)/t22-,23+,26?/m0/s1. The summed E-state index contributed by atoms with van der Waals surface area (Å²) in [6, 6.07) is 10.9. The minimum atomic E-state index is -0.400. The smallest absolute Gasteiger partial charge is 0.225 e. The lowest BCUT2D eigenvalue weighted by Crippen LogP contribution is -2.20. The Morgan fingerprint density at radius 2 is 2.06 bits per heavy atom. The van der Waals surface area contributed by atoms with Crippen molar-refractivity contribution in [3.05, 3.63) is 70.9 Å². The molecule has 1 amide bonds. The third-order valence-corrected chi connectivity index (χ3v) is 7.28. The third-order valence-electron chi connectivity index (χ3n) is 7.28. The molecule has 1 unspecified atom stereocenters. The van der Waals surface area contributed by atoms with E-state index in [0.717, 1.165) is 28.2 Å². The van der Waals surface area contributed by atoms with Gasteiger partial charge in [-0.1, -0.05) is 0 Å². The van der Waals surface area contributed by atoms with Gasteiger partial charge in [0.2, 0.25) is 5.91 Å². The number of carbonyl (C=O) groups excluding carboxylic acids is 1. The number of halogens is 1. The van der Waals surface area contributed by atoms with Gasteiger partial charge in [0.05, 0.1) is 17.0 Å². The maximum Gasteiger partial charge on any atom is 0.225 e. The van der Waals surface area contributed by atoms with E-state index in [-0.39, 0.29) is 23.6 Å². The molecule has 1 fully saturated rings. The van der Waals surface area contributed by atoms with Gasteiger partial charge in [-0.25, -0.2) is 14.4 Å². The summed E-state index contributed by atoms with van der Waals surface area (Å²) in [6.45, 7) is 3.83. The third kappa shape index (κ3) is 2.71. The molecule has 0 bridgehead atoms. The van der Waals surface area contributed by atoms with Crippen LogP contribution in [-0.2, 0) is 11.2 Å². The molecule has 34 heavy (non-hydrogen) atoms. The first-order chi connectivity index (χ1) is 16.4. The lowest BCUT2D eigenvalue weighted by atomic mass is 10.1. The average Bonchev–Trinajstić information content (AvgIpc) is 3.06.